The monoisotopic (exact) mass is 407 g/mol. The molecule has 144 valence electrons. The average Bonchev–Trinajstić information content (AvgIpc) is 2.81. The van der Waals surface area contributed by atoms with Gasteiger partial charge in [0.2, 0.25) is 0 Å². The predicted octanol–water partition coefficient (Wildman–Crippen LogP) is 5.24. The molecule has 0 radical (unpaired) electrons. The Morgan fingerprint density at radius 1 is 1.14 bits per heavy atom. The number of aromatic nitrogens is 1. The maximum Gasteiger partial charge on any atom is 0.260 e. The highest BCUT2D eigenvalue weighted by molar-refractivity contribution is 7.99. The van der Waals surface area contributed by atoms with Crippen molar-refractivity contribution in [2.75, 3.05) is 16.8 Å². The fourth-order valence-electron chi connectivity index (χ4n) is 2.96. The second-order valence-corrected chi connectivity index (χ2v) is 7.29. The SMILES string of the molecule is CC#CCN1C(=O)c2ccc(F)cc2Sc2cc(Nc3ncccc3F)ccc21. The number of amides is 1. The normalized spacial score (nSPS) is 12.4. The summed E-state index contributed by atoms with van der Waals surface area (Å²) in [7, 11) is 0. The molecule has 1 amide bonds. The maximum atomic E-state index is 13.9. The van der Waals surface area contributed by atoms with Crippen molar-refractivity contribution in [2.45, 2.75) is 16.7 Å². The standard InChI is InChI=1S/C22H15F2N3OS/c1-2-3-11-27-18-9-7-15(26-21-17(24)5-4-10-25-21)13-20(18)29-19-12-14(23)6-8-16(19)22(27)28/h4-10,12-13H,11H2,1H3,(H,25,26). The Labute approximate surface area is 171 Å². The van der Waals surface area contributed by atoms with Crippen LogP contribution in [0.4, 0.5) is 26.0 Å². The molecule has 1 N–H and O–H groups in total. The van der Waals surface area contributed by atoms with Crippen molar-refractivity contribution in [1.29, 1.82) is 0 Å². The molecule has 0 bridgehead atoms. The number of halogens is 2. The first-order valence-electron chi connectivity index (χ1n) is 8.77. The fourth-order valence-corrected chi connectivity index (χ4v) is 4.10. The third kappa shape index (κ3) is 3.80. The highest BCUT2D eigenvalue weighted by atomic mass is 32.2. The molecule has 0 aliphatic carbocycles. The van der Waals surface area contributed by atoms with Crippen LogP contribution in [0.1, 0.15) is 17.3 Å². The lowest BCUT2D eigenvalue weighted by atomic mass is 10.1. The van der Waals surface area contributed by atoms with E-state index in [1.165, 1.54) is 48.3 Å². The van der Waals surface area contributed by atoms with Crippen LogP contribution in [0.2, 0.25) is 0 Å². The molecule has 4 rings (SSSR count). The van der Waals surface area contributed by atoms with Crippen LogP contribution < -0.4 is 10.2 Å². The van der Waals surface area contributed by atoms with E-state index in [1.807, 2.05) is 0 Å². The summed E-state index contributed by atoms with van der Waals surface area (Å²) in [5.41, 5.74) is 1.67. The van der Waals surface area contributed by atoms with E-state index in [2.05, 4.69) is 22.1 Å². The Balaban J connectivity index is 1.79. The summed E-state index contributed by atoms with van der Waals surface area (Å²) in [6.07, 6.45) is 1.49. The molecule has 2 aromatic carbocycles. The minimum atomic E-state index is -0.475. The van der Waals surface area contributed by atoms with Crippen molar-refractivity contribution in [3.8, 4) is 11.8 Å². The molecule has 0 unspecified atom stereocenters. The van der Waals surface area contributed by atoms with Crippen LogP contribution >= 0.6 is 11.8 Å². The smallest absolute Gasteiger partial charge is 0.260 e. The van der Waals surface area contributed by atoms with Gasteiger partial charge in [0, 0.05) is 21.7 Å². The van der Waals surface area contributed by atoms with E-state index in [1.54, 1.807) is 30.0 Å². The predicted molar refractivity (Wildman–Crippen MR) is 110 cm³/mol. The summed E-state index contributed by atoms with van der Waals surface area (Å²) in [5.74, 6) is 4.68. The van der Waals surface area contributed by atoms with Crippen molar-refractivity contribution in [3.63, 3.8) is 0 Å². The topological polar surface area (TPSA) is 45.2 Å². The lowest BCUT2D eigenvalue weighted by molar-refractivity contribution is 0.0987. The minimum Gasteiger partial charge on any atom is -0.338 e. The van der Waals surface area contributed by atoms with E-state index in [9.17, 15) is 13.6 Å². The second kappa shape index (κ2) is 7.94. The zero-order chi connectivity index (χ0) is 20.4. The summed E-state index contributed by atoms with van der Waals surface area (Å²) in [4.78, 5) is 19.9. The molecule has 0 atom stereocenters. The van der Waals surface area contributed by atoms with Crippen LogP contribution in [0.3, 0.4) is 0 Å². The second-order valence-electron chi connectivity index (χ2n) is 6.20. The van der Waals surface area contributed by atoms with Crippen molar-refractivity contribution < 1.29 is 13.6 Å². The molecule has 0 fully saturated rings. The first-order valence-corrected chi connectivity index (χ1v) is 9.59. The Hall–Kier alpha value is -3.37. The lowest BCUT2D eigenvalue weighted by Crippen LogP contribution is -2.31. The van der Waals surface area contributed by atoms with Gasteiger partial charge in [0.15, 0.2) is 11.6 Å². The highest BCUT2D eigenvalue weighted by Crippen LogP contribution is 2.43. The minimum absolute atomic E-state index is 0.0994. The van der Waals surface area contributed by atoms with Crippen molar-refractivity contribution in [3.05, 3.63) is 71.9 Å². The van der Waals surface area contributed by atoms with Gasteiger partial charge in [-0.15, -0.1) is 5.92 Å². The van der Waals surface area contributed by atoms with Gasteiger partial charge in [-0.2, -0.15) is 0 Å². The first-order chi connectivity index (χ1) is 14.1. The van der Waals surface area contributed by atoms with Crippen LogP contribution in [0, 0.1) is 23.5 Å². The number of nitrogens with zero attached hydrogens (tertiary/aromatic N) is 2. The molecular formula is C22H15F2N3OS. The van der Waals surface area contributed by atoms with Gasteiger partial charge < -0.3 is 5.32 Å². The van der Waals surface area contributed by atoms with Crippen LogP contribution in [-0.2, 0) is 0 Å². The molecule has 2 heterocycles. The van der Waals surface area contributed by atoms with Gasteiger partial charge in [-0.3, -0.25) is 9.69 Å². The highest BCUT2D eigenvalue weighted by Gasteiger charge is 2.27. The number of hydrogen-bond donors (Lipinski definition) is 1. The molecule has 1 aliphatic heterocycles. The third-order valence-electron chi connectivity index (χ3n) is 4.32. The zero-order valence-corrected chi connectivity index (χ0v) is 16.2. The number of anilines is 3. The molecule has 0 saturated carbocycles. The quantitative estimate of drug-likeness (QED) is 0.604. The zero-order valence-electron chi connectivity index (χ0n) is 15.4. The van der Waals surface area contributed by atoms with E-state index in [-0.39, 0.29) is 18.3 Å². The van der Waals surface area contributed by atoms with E-state index < -0.39 is 11.6 Å². The summed E-state index contributed by atoms with van der Waals surface area (Å²) in [5, 5.41) is 2.94. The van der Waals surface area contributed by atoms with Crippen LogP contribution in [-0.4, -0.2) is 17.4 Å². The molecule has 29 heavy (non-hydrogen) atoms. The fraction of sp³-hybridized carbons (Fsp3) is 0.0909. The van der Waals surface area contributed by atoms with Gasteiger partial charge in [-0.05, 0) is 55.5 Å². The van der Waals surface area contributed by atoms with Crippen LogP contribution in [0.5, 0.6) is 0 Å². The number of fused-ring (bicyclic) bond motifs is 2. The summed E-state index contributed by atoms with van der Waals surface area (Å²) < 4.78 is 27.8. The maximum absolute atomic E-state index is 13.9. The van der Waals surface area contributed by atoms with Gasteiger partial charge in [-0.1, -0.05) is 17.7 Å². The van der Waals surface area contributed by atoms with E-state index in [0.717, 1.165) is 4.90 Å². The van der Waals surface area contributed by atoms with E-state index >= 15 is 0 Å². The number of benzene rings is 2. The average molecular weight is 407 g/mol. The molecule has 1 aliphatic rings. The number of hydrogen-bond acceptors (Lipinski definition) is 4. The molecule has 0 spiro atoms. The van der Waals surface area contributed by atoms with Crippen molar-refractivity contribution >= 4 is 34.9 Å². The van der Waals surface area contributed by atoms with E-state index in [0.29, 0.717) is 21.8 Å². The third-order valence-corrected chi connectivity index (χ3v) is 5.43. The summed E-state index contributed by atoms with van der Waals surface area (Å²) in [6, 6.07) is 12.2. The molecule has 3 aromatic rings. The van der Waals surface area contributed by atoms with Crippen LogP contribution in [0.25, 0.3) is 0 Å². The van der Waals surface area contributed by atoms with Crippen LogP contribution in [0.15, 0.2) is 64.5 Å². The Morgan fingerprint density at radius 3 is 2.79 bits per heavy atom. The Bertz CT molecular complexity index is 1170. The largest absolute Gasteiger partial charge is 0.338 e. The van der Waals surface area contributed by atoms with Crippen molar-refractivity contribution in [1.82, 2.24) is 4.98 Å². The lowest BCUT2D eigenvalue weighted by Gasteiger charge is -2.21. The Morgan fingerprint density at radius 2 is 2.00 bits per heavy atom. The molecule has 7 heteroatoms. The molecule has 0 saturated heterocycles. The number of rotatable bonds is 3. The molecule has 1 aromatic heterocycles. The first kappa shape index (κ1) is 19.0. The number of pyridine rings is 1. The Kier molecular flexibility index (Phi) is 5.19. The van der Waals surface area contributed by atoms with Crippen molar-refractivity contribution in [2.24, 2.45) is 0 Å². The summed E-state index contributed by atoms with van der Waals surface area (Å²) in [6.45, 7) is 1.91. The van der Waals surface area contributed by atoms with Gasteiger partial charge in [0.25, 0.3) is 5.91 Å². The summed E-state index contributed by atoms with van der Waals surface area (Å²) >= 11 is 1.28. The number of nitrogens with one attached hydrogen (secondary N) is 1. The molecular weight excluding hydrogens is 392 g/mol. The van der Waals surface area contributed by atoms with Gasteiger partial charge >= 0.3 is 0 Å². The van der Waals surface area contributed by atoms with Gasteiger partial charge in [0.1, 0.15) is 5.82 Å². The number of carbonyl (C=O) groups excluding carboxylic acids is 1. The van der Waals surface area contributed by atoms with Gasteiger partial charge in [-0.25, -0.2) is 13.8 Å². The van der Waals surface area contributed by atoms with Gasteiger partial charge in [0.05, 0.1) is 17.8 Å². The van der Waals surface area contributed by atoms with E-state index in [4.69, 9.17) is 0 Å². The number of carbonyl (C=O) groups is 1. The molecule has 4 nitrogen and oxygen atoms in total.